The van der Waals surface area contributed by atoms with E-state index in [1.54, 1.807) is 0 Å². The average molecular weight is 267 g/mol. The van der Waals surface area contributed by atoms with E-state index < -0.39 is 0 Å². The lowest BCUT2D eigenvalue weighted by Gasteiger charge is -2.34. The van der Waals surface area contributed by atoms with Crippen LogP contribution < -0.4 is 5.32 Å². The molecule has 0 bridgehead atoms. The highest BCUT2D eigenvalue weighted by Crippen LogP contribution is 2.39. The predicted octanol–water partition coefficient (Wildman–Crippen LogP) is 4.21. The molecule has 1 aliphatic carbocycles. The molecule has 18 heavy (non-hydrogen) atoms. The highest BCUT2D eigenvalue weighted by Gasteiger charge is 2.29. The molecule has 2 nitrogen and oxygen atoms in total. The SMILES string of the molecule is CCC1CCCC(C(NC)c2ncccc2Cl)C1. The van der Waals surface area contributed by atoms with Crippen molar-refractivity contribution in [2.75, 3.05) is 7.05 Å². The molecule has 1 aliphatic rings. The molecule has 0 aromatic carbocycles. The minimum absolute atomic E-state index is 0.299. The molecule has 1 saturated carbocycles. The largest absolute Gasteiger partial charge is 0.311 e. The van der Waals surface area contributed by atoms with Gasteiger partial charge in [-0.1, -0.05) is 37.8 Å². The third kappa shape index (κ3) is 3.04. The number of aromatic nitrogens is 1. The maximum Gasteiger partial charge on any atom is 0.0761 e. The molecule has 3 unspecified atom stereocenters. The first-order chi connectivity index (χ1) is 8.76. The second-order valence-electron chi connectivity index (χ2n) is 5.34. The van der Waals surface area contributed by atoms with Gasteiger partial charge < -0.3 is 5.32 Å². The fourth-order valence-electron chi connectivity index (χ4n) is 3.23. The summed E-state index contributed by atoms with van der Waals surface area (Å²) < 4.78 is 0. The van der Waals surface area contributed by atoms with Crippen molar-refractivity contribution < 1.29 is 0 Å². The summed E-state index contributed by atoms with van der Waals surface area (Å²) in [6.45, 7) is 2.30. The summed E-state index contributed by atoms with van der Waals surface area (Å²) in [5.74, 6) is 1.54. The molecular weight excluding hydrogens is 244 g/mol. The van der Waals surface area contributed by atoms with Crippen LogP contribution in [0.15, 0.2) is 18.3 Å². The quantitative estimate of drug-likeness (QED) is 0.883. The summed E-state index contributed by atoms with van der Waals surface area (Å²) in [6.07, 6.45) is 8.45. The van der Waals surface area contributed by atoms with Gasteiger partial charge in [0.1, 0.15) is 0 Å². The Bertz CT molecular complexity index is 381. The van der Waals surface area contributed by atoms with Crippen LogP contribution in [0.3, 0.4) is 0 Å². The number of nitrogens with zero attached hydrogens (tertiary/aromatic N) is 1. The zero-order chi connectivity index (χ0) is 13.0. The van der Waals surface area contributed by atoms with Crippen molar-refractivity contribution in [3.8, 4) is 0 Å². The molecule has 0 spiro atoms. The fraction of sp³-hybridized carbons (Fsp3) is 0.667. The normalized spacial score (nSPS) is 25.9. The van der Waals surface area contributed by atoms with Crippen LogP contribution in [0.25, 0.3) is 0 Å². The van der Waals surface area contributed by atoms with E-state index in [0.29, 0.717) is 12.0 Å². The minimum atomic E-state index is 0.299. The molecule has 0 amide bonds. The zero-order valence-corrected chi connectivity index (χ0v) is 12.1. The number of pyridine rings is 1. The molecule has 1 fully saturated rings. The highest BCUT2D eigenvalue weighted by molar-refractivity contribution is 6.31. The first-order valence-electron chi connectivity index (χ1n) is 7.04. The van der Waals surface area contributed by atoms with E-state index in [-0.39, 0.29) is 0 Å². The smallest absolute Gasteiger partial charge is 0.0761 e. The molecule has 3 atom stereocenters. The van der Waals surface area contributed by atoms with Crippen molar-refractivity contribution in [3.05, 3.63) is 29.0 Å². The van der Waals surface area contributed by atoms with Gasteiger partial charge in [0, 0.05) is 6.20 Å². The molecular formula is C15H23ClN2. The summed E-state index contributed by atoms with van der Waals surface area (Å²) >= 11 is 6.28. The Kier molecular flexibility index (Phi) is 5.02. The van der Waals surface area contributed by atoms with Crippen molar-refractivity contribution in [2.24, 2.45) is 11.8 Å². The molecule has 1 aromatic heterocycles. The molecule has 3 heteroatoms. The average Bonchev–Trinajstić information content (AvgIpc) is 2.42. The molecule has 1 N–H and O–H groups in total. The second-order valence-corrected chi connectivity index (χ2v) is 5.74. The predicted molar refractivity (Wildman–Crippen MR) is 76.8 cm³/mol. The third-order valence-corrected chi connectivity index (χ3v) is 4.58. The van der Waals surface area contributed by atoms with Crippen LogP contribution in [0.4, 0.5) is 0 Å². The van der Waals surface area contributed by atoms with E-state index >= 15 is 0 Å². The third-order valence-electron chi connectivity index (χ3n) is 4.26. The van der Waals surface area contributed by atoms with Crippen molar-refractivity contribution in [3.63, 3.8) is 0 Å². The van der Waals surface area contributed by atoms with Gasteiger partial charge in [0.2, 0.25) is 0 Å². The molecule has 0 aliphatic heterocycles. The zero-order valence-electron chi connectivity index (χ0n) is 11.3. The summed E-state index contributed by atoms with van der Waals surface area (Å²) in [4.78, 5) is 4.48. The number of rotatable bonds is 4. The number of nitrogens with one attached hydrogen (secondary N) is 1. The lowest BCUT2D eigenvalue weighted by atomic mass is 9.76. The second kappa shape index (κ2) is 6.53. The number of hydrogen-bond acceptors (Lipinski definition) is 2. The summed E-state index contributed by atoms with van der Waals surface area (Å²) in [6, 6.07) is 4.14. The standard InChI is InChI=1S/C15H23ClN2/c1-3-11-6-4-7-12(10-11)14(17-2)15-13(16)8-5-9-18-15/h5,8-9,11-12,14,17H,3-4,6-7,10H2,1-2H3. The topological polar surface area (TPSA) is 24.9 Å². The van der Waals surface area contributed by atoms with Crippen molar-refractivity contribution in [1.29, 1.82) is 0 Å². The van der Waals surface area contributed by atoms with E-state index in [1.807, 2.05) is 25.4 Å². The van der Waals surface area contributed by atoms with Crippen LogP contribution in [0.2, 0.25) is 5.02 Å². The molecule has 0 saturated heterocycles. The van der Waals surface area contributed by atoms with Gasteiger partial charge in [0.05, 0.1) is 16.8 Å². The fourth-order valence-corrected chi connectivity index (χ4v) is 3.47. The number of hydrogen-bond donors (Lipinski definition) is 1. The Balaban J connectivity index is 2.15. The van der Waals surface area contributed by atoms with E-state index in [1.165, 1.54) is 32.1 Å². The Hall–Kier alpha value is -0.600. The van der Waals surface area contributed by atoms with Crippen molar-refractivity contribution >= 4 is 11.6 Å². The van der Waals surface area contributed by atoms with Crippen LogP contribution in [0.1, 0.15) is 50.8 Å². The van der Waals surface area contributed by atoms with Crippen molar-refractivity contribution in [1.82, 2.24) is 10.3 Å². The number of halogens is 1. The van der Waals surface area contributed by atoms with E-state index in [0.717, 1.165) is 16.6 Å². The minimum Gasteiger partial charge on any atom is -0.311 e. The van der Waals surface area contributed by atoms with Gasteiger partial charge in [0.25, 0.3) is 0 Å². The van der Waals surface area contributed by atoms with E-state index in [2.05, 4.69) is 17.2 Å². The van der Waals surface area contributed by atoms with Gasteiger partial charge in [-0.2, -0.15) is 0 Å². The van der Waals surface area contributed by atoms with Gasteiger partial charge in [-0.05, 0) is 43.9 Å². The van der Waals surface area contributed by atoms with Crippen LogP contribution in [0, 0.1) is 11.8 Å². The van der Waals surface area contributed by atoms with Crippen molar-refractivity contribution in [2.45, 2.75) is 45.1 Å². The monoisotopic (exact) mass is 266 g/mol. The molecule has 100 valence electrons. The molecule has 2 rings (SSSR count). The van der Waals surface area contributed by atoms with Crippen LogP contribution in [-0.4, -0.2) is 12.0 Å². The summed E-state index contributed by atoms with van der Waals surface area (Å²) in [5.41, 5.74) is 1.02. The maximum atomic E-state index is 6.28. The van der Waals surface area contributed by atoms with Gasteiger partial charge in [-0.3, -0.25) is 4.98 Å². The molecule has 1 aromatic rings. The van der Waals surface area contributed by atoms with Crippen LogP contribution in [0.5, 0.6) is 0 Å². The first-order valence-corrected chi connectivity index (χ1v) is 7.41. The summed E-state index contributed by atoms with van der Waals surface area (Å²) in [7, 11) is 2.02. The molecule has 1 heterocycles. The maximum absolute atomic E-state index is 6.28. The Morgan fingerprint density at radius 3 is 3.00 bits per heavy atom. The van der Waals surface area contributed by atoms with E-state index in [4.69, 9.17) is 11.6 Å². The molecule has 0 radical (unpaired) electrons. The van der Waals surface area contributed by atoms with E-state index in [9.17, 15) is 0 Å². The first kappa shape index (κ1) is 13.8. The van der Waals surface area contributed by atoms with Gasteiger partial charge in [-0.25, -0.2) is 0 Å². The van der Waals surface area contributed by atoms with Gasteiger partial charge in [0.15, 0.2) is 0 Å². The Morgan fingerprint density at radius 2 is 2.33 bits per heavy atom. The van der Waals surface area contributed by atoms with Gasteiger partial charge in [-0.15, -0.1) is 0 Å². The van der Waals surface area contributed by atoms with Crippen LogP contribution in [-0.2, 0) is 0 Å². The lowest BCUT2D eigenvalue weighted by molar-refractivity contribution is 0.212. The Morgan fingerprint density at radius 1 is 1.50 bits per heavy atom. The summed E-state index contributed by atoms with van der Waals surface area (Å²) in [5, 5.41) is 4.21. The van der Waals surface area contributed by atoms with Gasteiger partial charge >= 0.3 is 0 Å². The highest BCUT2D eigenvalue weighted by atomic mass is 35.5. The lowest BCUT2D eigenvalue weighted by Crippen LogP contribution is -2.30. The Labute approximate surface area is 115 Å². The van der Waals surface area contributed by atoms with Crippen LogP contribution >= 0.6 is 11.6 Å².